The average molecular weight is 379 g/mol. The van der Waals surface area contributed by atoms with E-state index in [-0.39, 0.29) is 36.6 Å². The predicted octanol–water partition coefficient (Wildman–Crippen LogP) is 3.70. The number of nitrogens with one attached hydrogen (secondary N) is 2. The van der Waals surface area contributed by atoms with Crippen molar-refractivity contribution in [3.8, 4) is 0 Å². The maximum atomic E-state index is 8.18. The maximum absolute atomic E-state index is 8.18. The molecular formula is C16H32Cl2N6. The van der Waals surface area contributed by atoms with Crippen LogP contribution in [0.25, 0.3) is 0 Å². The molecule has 2 N–H and O–H groups in total. The van der Waals surface area contributed by atoms with Crippen LogP contribution in [0.4, 0.5) is 0 Å². The van der Waals surface area contributed by atoms with Crippen molar-refractivity contribution in [2.45, 2.75) is 39.5 Å². The highest BCUT2D eigenvalue weighted by Gasteiger charge is 2.21. The topological polar surface area (TPSA) is 78.9 Å². The molecule has 0 radical (unpaired) electrons. The molecule has 8 heteroatoms. The van der Waals surface area contributed by atoms with Gasteiger partial charge in [-0.25, -0.2) is 0 Å². The van der Waals surface area contributed by atoms with E-state index < -0.39 is 0 Å². The Morgan fingerprint density at radius 1 is 0.750 bits per heavy atom. The summed E-state index contributed by atoms with van der Waals surface area (Å²) < 4.78 is 0. The van der Waals surface area contributed by atoms with E-state index in [0.717, 1.165) is 26.2 Å². The lowest BCUT2D eigenvalue weighted by Crippen LogP contribution is -2.33. The number of hydrogen-bond acceptors (Lipinski definition) is 4. The summed E-state index contributed by atoms with van der Waals surface area (Å²) in [7, 11) is 0. The molecule has 2 aliphatic rings. The van der Waals surface area contributed by atoms with E-state index in [1.165, 1.54) is 25.7 Å². The van der Waals surface area contributed by atoms with Crippen LogP contribution >= 0.6 is 24.8 Å². The summed E-state index contributed by atoms with van der Waals surface area (Å²) in [4.78, 5) is 4.32. The third kappa shape index (κ3) is 6.55. The Bertz CT molecular complexity index is 379. The first-order valence-corrected chi connectivity index (χ1v) is 8.59. The van der Waals surface area contributed by atoms with Gasteiger partial charge in [0.25, 0.3) is 0 Å². The van der Waals surface area contributed by atoms with Gasteiger partial charge in [0.05, 0.1) is 13.1 Å². The molecule has 2 fully saturated rings. The van der Waals surface area contributed by atoms with Gasteiger partial charge in [-0.3, -0.25) is 10.8 Å². The Balaban J connectivity index is 0.00000264. The normalized spacial score (nSPS) is 19.8. The van der Waals surface area contributed by atoms with Gasteiger partial charge < -0.3 is 9.80 Å². The number of rotatable bonds is 6. The first-order valence-electron chi connectivity index (χ1n) is 8.59. The van der Waals surface area contributed by atoms with Gasteiger partial charge in [0.2, 0.25) is 0 Å². The smallest absolute Gasteiger partial charge is 0.101 e. The van der Waals surface area contributed by atoms with Crippen molar-refractivity contribution < 1.29 is 0 Å². The lowest BCUT2D eigenvalue weighted by Gasteiger charge is -2.23. The number of azo groups is 1. The molecule has 24 heavy (non-hydrogen) atoms. The van der Waals surface area contributed by atoms with Gasteiger partial charge in [-0.15, -0.1) is 24.8 Å². The summed E-state index contributed by atoms with van der Waals surface area (Å²) in [5, 5.41) is 24.9. The minimum atomic E-state index is 0. The number of likely N-dealkylation sites (tertiary alicyclic amines) is 2. The van der Waals surface area contributed by atoms with E-state index in [4.69, 9.17) is 10.8 Å². The second kappa shape index (κ2) is 11.6. The van der Waals surface area contributed by atoms with Crippen LogP contribution in [0.2, 0.25) is 0 Å². The lowest BCUT2D eigenvalue weighted by molar-refractivity contribution is 0.471. The Hall–Kier alpha value is -0.880. The fourth-order valence-electron chi connectivity index (χ4n) is 3.07. The summed E-state index contributed by atoms with van der Waals surface area (Å²) in [6, 6.07) is 0. The van der Waals surface area contributed by atoms with Crippen LogP contribution in [-0.4, -0.2) is 60.7 Å². The minimum absolute atomic E-state index is 0. The van der Waals surface area contributed by atoms with E-state index in [1.807, 2.05) is 0 Å². The second-order valence-corrected chi connectivity index (χ2v) is 6.61. The van der Waals surface area contributed by atoms with Crippen molar-refractivity contribution in [2.75, 3.05) is 39.3 Å². The molecule has 0 aromatic heterocycles. The molecule has 0 bridgehead atoms. The molecule has 0 spiro atoms. The van der Waals surface area contributed by atoms with Gasteiger partial charge in [-0.2, -0.15) is 10.2 Å². The number of amidine groups is 2. The second-order valence-electron chi connectivity index (χ2n) is 6.61. The summed E-state index contributed by atoms with van der Waals surface area (Å²) in [5.74, 6) is 1.67. The van der Waals surface area contributed by atoms with Crippen molar-refractivity contribution in [3.05, 3.63) is 0 Å². The lowest BCUT2D eigenvalue weighted by atomic mass is 10.1. The standard InChI is InChI=1S/C16H30N6.2ClH/c1-13(15(17)21-7-3-4-8-21)11-19-20-12-14(2)16(18)22-9-5-6-10-22;;/h13-14,17-18H,3-12H2,1-2H3;2*1H. The van der Waals surface area contributed by atoms with Crippen LogP contribution in [0.3, 0.4) is 0 Å². The van der Waals surface area contributed by atoms with Gasteiger partial charge in [-0.1, -0.05) is 13.8 Å². The van der Waals surface area contributed by atoms with Crippen LogP contribution in [0, 0.1) is 22.7 Å². The average Bonchev–Trinajstić information content (AvgIpc) is 3.22. The zero-order valence-electron chi connectivity index (χ0n) is 14.8. The van der Waals surface area contributed by atoms with E-state index in [9.17, 15) is 0 Å². The Morgan fingerprint density at radius 3 is 1.33 bits per heavy atom. The quantitative estimate of drug-likeness (QED) is 0.419. The van der Waals surface area contributed by atoms with Crippen molar-refractivity contribution in [2.24, 2.45) is 22.1 Å². The Kier molecular flexibility index (Phi) is 11.2. The molecule has 2 atom stereocenters. The zero-order valence-corrected chi connectivity index (χ0v) is 16.5. The van der Waals surface area contributed by atoms with E-state index >= 15 is 0 Å². The largest absolute Gasteiger partial charge is 0.360 e. The third-order valence-electron chi connectivity index (χ3n) is 4.64. The fraction of sp³-hybridized carbons (Fsp3) is 0.875. The molecule has 0 aromatic rings. The van der Waals surface area contributed by atoms with Crippen molar-refractivity contribution in [1.82, 2.24) is 9.80 Å². The zero-order chi connectivity index (χ0) is 15.9. The highest BCUT2D eigenvalue weighted by molar-refractivity contribution is 5.85. The van der Waals surface area contributed by atoms with Crippen LogP contribution in [0.5, 0.6) is 0 Å². The van der Waals surface area contributed by atoms with Gasteiger partial charge in [0.1, 0.15) is 11.7 Å². The van der Waals surface area contributed by atoms with Gasteiger partial charge in [0, 0.05) is 38.0 Å². The van der Waals surface area contributed by atoms with E-state index in [2.05, 4.69) is 33.9 Å². The molecule has 6 nitrogen and oxygen atoms in total. The Labute approximate surface area is 158 Å². The van der Waals surface area contributed by atoms with Gasteiger partial charge >= 0.3 is 0 Å². The summed E-state index contributed by atoms with van der Waals surface area (Å²) in [6.45, 7) is 9.34. The molecule has 0 aromatic carbocycles. The van der Waals surface area contributed by atoms with E-state index in [1.54, 1.807) is 0 Å². The van der Waals surface area contributed by atoms with Gasteiger partial charge in [0.15, 0.2) is 0 Å². The molecule has 2 heterocycles. The number of hydrogen-bond donors (Lipinski definition) is 2. The molecule has 0 amide bonds. The highest BCUT2D eigenvalue weighted by Crippen LogP contribution is 2.14. The number of halogens is 2. The molecule has 2 unspecified atom stereocenters. The Morgan fingerprint density at radius 2 is 1.04 bits per heavy atom. The fourth-order valence-corrected chi connectivity index (χ4v) is 3.07. The van der Waals surface area contributed by atoms with Crippen molar-refractivity contribution in [3.63, 3.8) is 0 Å². The predicted molar refractivity (Wildman–Crippen MR) is 104 cm³/mol. The van der Waals surface area contributed by atoms with Crippen LogP contribution in [0.1, 0.15) is 39.5 Å². The van der Waals surface area contributed by atoms with Crippen molar-refractivity contribution >= 4 is 36.5 Å². The van der Waals surface area contributed by atoms with Gasteiger partial charge in [-0.05, 0) is 25.7 Å². The summed E-state index contributed by atoms with van der Waals surface area (Å²) in [6.07, 6.45) is 4.80. The monoisotopic (exact) mass is 378 g/mol. The minimum Gasteiger partial charge on any atom is -0.360 e. The van der Waals surface area contributed by atoms with Crippen LogP contribution in [0.15, 0.2) is 10.2 Å². The molecule has 0 saturated carbocycles. The third-order valence-corrected chi connectivity index (χ3v) is 4.64. The van der Waals surface area contributed by atoms with Crippen molar-refractivity contribution in [1.29, 1.82) is 10.8 Å². The SMILES string of the molecule is CC(CN=NCC(C)C(=N)N1CCCC1)C(=N)N1CCCC1.Cl.Cl. The van der Waals surface area contributed by atoms with E-state index in [0.29, 0.717) is 24.8 Å². The van der Waals surface area contributed by atoms with Crippen LogP contribution < -0.4 is 0 Å². The molecule has 2 aliphatic heterocycles. The summed E-state index contributed by atoms with van der Waals surface area (Å²) in [5.41, 5.74) is 0. The molecule has 2 rings (SSSR count). The summed E-state index contributed by atoms with van der Waals surface area (Å²) >= 11 is 0. The number of nitrogens with zero attached hydrogens (tertiary/aromatic N) is 4. The molecular weight excluding hydrogens is 347 g/mol. The maximum Gasteiger partial charge on any atom is 0.101 e. The van der Waals surface area contributed by atoms with Crippen LogP contribution in [-0.2, 0) is 0 Å². The first-order chi connectivity index (χ1) is 10.6. The highest BCUT2D eigenvalue weighted by atomic mass is 35.5. The molecule has 140 valence electrons. The molecule has 2 saturated heterocycles. The molecule has 0 aliphatic carbocycles. The first kappa shape index (κ1) is 23.1.